The van der Waals surface area contributed by atoms with Crippen LogP contribution >= 0.6 is 0 Å². The molecule has 0 saturated heterocycles. The summed E-state index contributed by atoms with van der Waals surface area (Å²) in [5, 5.41) is 4.59. The molecule has 0 saturated carbocycles. The molecule has 90 valence electrons. The Hall–Kier alpha value is -2.16. The summed E-state index contributed by atoms with van der Waals surface area (Å²) >= 11 is 0. The normalized spacial score (nSPS) is 11.1. The summed E-state index contributed by atoms with van der Waals surface area (Å²) in [5.41, 5.74) is 7.00. The van der Waals surface area contributed by atoms with Gasteiger partial charge < -0.3 is 0 Å². The van der Waals surface area contributed by atoms with Crippen LogP contribution in [0.25, 0.3) is 16.9 Å². The summed E-state index contributed by atoms with van der Waals surface area (Å²) in [6.07, 6.45) is 3.63. The van der Waals surface area contributed by atoms with Crippen molar-refractivity contribution in [2.24, 2.45) is 0 Å². The van der Waals surface area contributed by atoms with E-state index in [1.165, 1.54) is 22.3 Å². The third kappa shape index (κ3) is 1.59. The Kier molecular flexibility index (Phi) is 2.40. The Balaban J connectivity index is 2.22. The minimum atomic E-state index is 0.875. The number of fused-ring (bicyclic) bond motifs is 1. The summed E-state index contributed by atoms with van der Waals surface area (Å²) in [7, 11) is 0. The SMILES string of the molecule is Cc1ccc(-c2ccc3nccn3n2)c(C)c1C. The van der Waals surface area contributed by atoms with Crippen molar-refractivity contribution in [1.29, 1.82) is 0 Å². The third-order valence-electron chi connectivity index (χ3n) is 3.59. The number of rotatable bonds is 1. The maximum atomic E-state index is 4.59. The fourth-order valence-corrected chi connectivity index (χ4v) is 2.19. The molecule has 0 bridgehead atoms. The molecule has 0 aliphatic carbocycles. The number of hydrogen-bond acceptors (Lipinski definition) is 2. The Bertz CT molecular complexity index is 726. The number of nitrogens with zero attached hydrogens (tertiary/aromatic N) is 3. The van der Waals surface area contributed by atoms with Gasteiger partial charge in [-0.05, 0) is 49.6 Å². The van der Waals surface area contributed by atoms with Crippen molar-refractivity contribution in [3.63, 3.8) is 0 Å². The van der Waals surface area contributed by atoms with E-state index >= 15 is 0 Å². The summed E-state index contributed by atoms with van der Waals surface area (Å²) in [6.45, 7) is 6.44. The van der Waals surface area contributed by atoms with Gasteiger partial charge in [0.25, 0.3) is 0 Å². The van der Waals surface area contributed by atoms with Crippen molar-refractivity contribution in [2.45, 2.75) is 20.8 Å². The van der Waals surface area contributed by atoms with Crippen LogP contribution in [0.5, 0.6) is 0 Å². The molecule has 0 atom stereocenters. The Morgan fingerprint density at radius 3 is 2.61 bits per heavy atom. The highest BCUT2D eigenvalue weighted by Gasteiger charge is 2.08. The molecule has 3 nitrogen and oxygen atoms in total. The second-order valence-corrected chi connectivity index (χ2v) is 4.63. The molecule has 18 heavy (non-hydrogen) atoms. The van der Waals surface area contributed by atoms with Gasteiger partial charge in [-0.25, -0.2) is 9.50 Å². The second kappa shape index (κ2) is 3.95. The van der Waals surface area contributed by atoms with Crippen molar-refractivity contribution in [3.05, 3.63) is 53.3 Å². The molecule has 0 aliphatic rings. The first-order valence-electron chi connectivity index (χ1n) is 6.04. The molecule has 0 radical (unpaired) electrons. The molecule has 2 aromatic heterocycles. The van der Waals surface area contributed by atoms with Crippen LogP contribution in [0.3, 0.4) is 0 Å². The molecule has 3 aromatic rings. The van der Waals surface area contributed by atoms with Crippen LogP contribution in [0.1, 0.15) is 16.7 Å². The number of hydrogen-bond donors (Lipinski definition) is 0. The van der Waals surface area contributed by atoms with E-state index in [9.17, 15) is 0 Å². The Morgan fingerprint density at radius 1 is 0.944 bits per heavy atom. The molecule has 0 spiro atoms. The van der Waals surface area contributed by atoms with E-state index in [4.69, 9.17) is 0 Å². The molecule has 0 fully saturated rings. The highest BCUT2D eigenvalue weighted by atomic mass is 15.2. The molecular formula is C15H15N3. The van der Waals surface area contributed by atoms with Crippen LogP contribution in [0.15, 0.2) is 36.7 Å². The van der Waals surface area contributed by atoms with Crippen LogP contribution in [0.4, 0.5) is 0 Å². The smallest absolute Gasteiger partial charge is 0.153 e. The molecule has 0 unspecified atom stereocenters. The van der Waals surface area contributed by atoms with E-state index in [2.05, 4.69) is 43.0 Å². The highest BCUT2D eigenvalue weighted by Crippen LogP contribution is 2.25. The first-order valence-corrected chi connectivity index (χ1v) is 6.04. The van der Waals surface area contributed by atoms with Crippen molar-refractivity contribution in [2.75, 3.05) is 0 Å². The number of aryl methyl sites for hydroxylation is 1. The molecule has 3 heteroatoms. The fraction of sp³-hybridized carbons (Fsp3) is 0.200. The van der Waals surface area contributed by atoms with E-state index in [-0.39, 0.29) is 0 Å². The predicted octanol–water partition coefficient (Wildman–Crippen LogP) is 3.32. The van der Waals surface area contributed by atoms with Crippen LogP contribution < -0.4 is 0 Å². The van der Waals surface area contributed by atoms with Gasteiger partial charge in [-0.3, -0.25) is 0 Å². The van der Waals surface area contributed by atoms with E-state index in [0.717, 1.165) is 11.3 Å². The van der Waals surface area contributed by atoms with Crippen molar-refractivity contribution >= 4 is 5.65 Å². The topological polar surface area (TPSA) is 30.2 Å². The van der Waals surface area contributed by atoms with Crippen LogP contribution in [0, 0.1) is 20.8 Å². The van der Waals surface area contributed by atoms with Crippen LogP contribution in [-0.2, 0) is 0 Å². The first kappa shape index (κ1) is 11.0. The summed E-state index contributed by atoms with van der Waals surface area (Å²) in [5.74, 6) is 0. The van der Waals surface area contributed by atoms with Crippen LogP contribution in [-0.4, -0.2) is 14.6 Å². The summed E-state index contributed by atoms with van der Waals surface area (Å²) in [6, 6.07) is 8.32. The molecule has 0 amide bonds. The fourth-order valence-electron chi connectivity index (χ4n) is 2.19. The Morgan fingerprint density at radius 2 is 1.78 bits per heavy atom. The average Bonchev–Trinajstić information content (AvgIpc) is 2.83. The lowest BCUT2D eigenvalue weighted by Crippen LogP contribution is -1.96. The van der Waals surface area contributed by atoms with Gasteiger partial charge in [0.15, 0.2) is 5.65 Å². The molecule has 3 rings (SSSR count). The van der Waals surface area contributed by atoms with Crippen molar-refractivity contribution < 1.29 is 0 Å². The van der Waals surface area contributed by atoms with Gasteiger partial charge in [-0.15, -0.1) is 0 Å². The number of imidazole rings is 1. The van der Waals surface area contributed by atoms with E-state index in [0.29, 0.717) is 0 Å². The highest BCUT2D eigenvalue weighted by molar-refractivity contribution is 5.66. The minimum Gasteiger partial charge on any atom is -0.236 e. The third-order valence-corrected chi connectivity index (χ3v) is 3.59. The zero-order chi connectivity index (χ0) is 12.7. The van der Waals surface area contributed by atoms with Gasteiger partial charge in [0.05, 0.1) is 5.69 Å². The van der Waals surface area contributed by atoms with Crippen molar-refractivity contribution in [1.82, 2.24) is 14.6 Å². The summed E-state index contributed by atoms with van der Waals surface area (Å²) < 4.78 is 1.81. The largest absolute Gasteiger partial charge is 0.236 e. The van der Waals surface area contributed by atoms with Crippen molar-refractivity contribution in [3.8, 4) is 11.3 Å². The standard InChI is InChI=1S/C15H15N3/c1-10-4-5-13(12(3)11(10)2)14-6-7-15-16-8-9-18(15)17-14/h4-9H,1-3H3. The average molecular weight is 237 g/mol. The maximum absolute atomic E-state index is 4.59. The minimum absolute atomic E-state index is 0.875. The predicted molar refractivity (Wildman–Crippen MR) is 72.6 cm³/mol. The zero-order valence-corrected chi connectivity index (χ0v) is 10.8. The Labute approximate surface area is 106 Å². The van der Waals surface area contributed by atoms with Gasteiger partial charge >= 0.3 is 0 Å². The van der Waals surface area contributed by atoms with Gasteiger partial charge in [0, 0.05) is 18.0 Å². The van der Waals surface area contributed by atoms with Gasteiger partial charge in [0.1, 0.15) is 0 Å². The monoisotopic (exact) mass is 237 g/mol. The molecule has 0 N–H and O–H groups in total. The number of aromatic nitrogens is 3. The quantitative estimate of drug-likeness (QED) is 0.650. The van der Waals surface area contributed by atoms with Gasteiger partial charge in [-0.1, -0.05) is 12.1 Å². The number of benzene rings is 1. The molecule has 2 heterocycles. The van der Waals surface area contributed by atoms with E-state index in [1.54, 1.807) is 6.20 Å². The van der Waals surface area contributed by atoms with E-state index < -0.39 is 0 Å². The van der Waals surface area contributed by atoms with Gasteiger partial charge in [-0.2, -0.15) is 5.10 Å². The van der Waals surface area contributed by atoms with E-state index in [1.807, 2.05) is 22.8 Å². The second-order valence-electron chi connectivity index (χ2n) is 4.63. The molecular weight excluding hydrogens is 222 g/mol. The lowest BCUT2D eigenvalue weighted by Gasteiger charge is -2.10. The van der Waals surface area contributed by atoms with Crippen LogP contribution in [0.2, 0.25) is 0 Å². The molecule has 1 aromatic carbocycles. The lowest BCUT2D eigenvalue weighted by molar-refractivity contribution is 0.941. The zero-order valence-electron chi connectivity index (χ0n) is 10.8. The molecule has 0 aliphatic heterocycles. The first-order chi connectivity index (χ1) is 8.66. The lowest BCUT2D eigenvalue weighted by atomic mass is 9.97. The summed E-state index contributed by atoms with van der Waals surface area (Å²) in [4.78, 5) is 4.21. The van der Waals surface area contributed by atoms with Gasteiger partial charge in [0.2, 0.25) is 0 Å². The maximum Gasteiger partial charge on any atom is 0.153 e.